The maximum absolute atomic E-state index is 11.8. The fourth-order valence-electron chi connectivity index (χ4n) is 1.83. The van der Waals surface area contributed by atoms with Crippen LogP contribution in [0.25, 0.3) is 0 Å². The van der Waals surface area contributed by atoms with Crippen molar-refractivity contribution in [3.63, 3.8) is 0 Å². The maximum Gasteiger partial charge on any atom is 0.325 e. The zero-order valence-corrected chi connectivity index (χ0v) is 13.5. The third-order valence-corrected chi connectivity index (χ3v) is 3.38. The Morgan fingerprint density at radius 3 is 2.29 bits per heavy atom. The molecule has 1 amide bonds. The Labute approximate surface area is 140 Å². The van der Waals surface area contributed by atoms with Crippen LogP contribution in [0, 0.1) is 0 Å². The SMILES string of the molecule is C[C@H](NC(=O)[C@@H](N)CCC(N)C(=O)OCc1ccccc1)C(=O)O. The summed E-state index contributed by atoms with van der Waals surface area (Å²) in [5.74, 6) is -2.34. The summed E-state index contributed by atoms with van der Waals surface area (Å²) in [7, 11) is 0. The molecule has 0 saturated heterocycles. The zero-order chi connectivity index (χ0) is 18.1. The van der Waals surface area contributed by atoms with Gasteiger partial charge in [0.25, 0.3) is 0 Å². The van der Waals surface area contributed by atoms with Crippen molar-refractivity contribution < 1.29 is 24.2 Å². The van der Waals surface area contributed by atoms with Gasteiger partial charge >= 0.3 is 11.9 Å². The molecule has 0 aliphatic carbocycles. The number of amides is 1. The van der Waals surface area contributed by atoms with Crippen LogP contribution in [0.5, 0.6) is 0 Å². The number of aliphatic carboxylic acids is 1. The van der Waals surface area contributed by atoms with Crippen molar-refractivity contribution in [2.24, 2.45) is 11.5 Å². The van der Waals surface area contributed by atoms with Gasteiger partial charge in [0.05, 0.1) is 6.04 Å². The lowest BCUT2D eigenvalue weighted by Crippen LogP contribution is -2.47. The topological polar surface area (TPSA) is 145 Å². The third kappa shape index (κ3) is 6.76. The lowest BCUT2D eigenvalue weighted by molar-refractivity contribution is -0.146. The highest BCUT2D eigenvalue weighted by Gasteiger charge is 2.22. The van der Waals surface area contributed by atoms with E-state index < -0.39 is 36.0 Å². The van der Waals surface area contributed by atoms with Gasteiger partial charge in [-0.15, -0.1) is 0 Å². The van der Waals surface area contributed by atoms with Gasteiger partial charge in [-0.25, -0.2) is 0 Å². The number of rotatable bonds is 9. The first-order chi connectivity index (χ1) is 11.3. The van der Waals surface area contributed by atoms with E-state index in [1.54, 1.807) is 0 Å². The second kappa shape index (κ2) is 9.64. The van der Waals surface area contributed by atoms with Crippen molar-refractivity contribution in [3.05, 3.63) is 35.9 Å². The van der Waals surface area contributed by atoms with Gasteiger partial charge in [0.15, 0.2) is 0 Å². The fraction of sp³-hybridized carbons (Fsp3) is 0.438. The normalized spacial score (nSPS) is 14.3. The summed E-state index contributed by atoms with van der Waals surface area (Å²) in [6.07, 6.45) is 0.295. The molecule has 0 heterocycles. The fourth-order valence-corrected chi connectivity index (χ4v) is 1.83. The van der Waals surface area contributed by atoms with E-state index in [1.165, 1.54) is 6.92 Å². The molecular formula is C16H23N3O5. The smallest absolute Gasteiger partial charge is 0.325 e. The average Bonchev–Trinajstić information content (AvgIpc) is 2.57. The van der Waals surface area contributed by atoms with Crippen LogP contribution >= 0.6 is 0 Å². The van der Waals surface area contributed by atoms with Crippen molar-refractivity contribution in [1.29, 1.82) is 0 Å². The molecule has 0 saturated carbocycles. The molecule has 0 bridgehead atoms. The second-order valence-electron chi connectivity index (χ2n) is 5.45. The van der Waals surface area contributed by atoms with Crippen LogP contribution in [0.2, 0.25) is 0 Å². The van der Waals surface area contributed by atoms with Gasteiger partial charge in [-0.1, -0.05) is 30.3 Å². The lowest BCUT2D eigenvalue weighted by Gasteiger charge is -2.16. The van der Waals surface area contributed by atoms with E-state index in [0.29, 0.717) is 0 Å². The number of esters is 1. The van der Waals surface area contributed by atoms with Crippen LogP contribution in [0.4, 0.5) is 0 Å². The van der Waals surface area contributed by atoms with Gasteiger partial charge in [0.2, 0.25) is 5.91 Å². The molecule has 8 nitrogen and oxygen atoms in total. The van der Waals surface area contributed by atoms with E-state index in [4.69, 9.17) is 21.3 Å². The Balaban J connectivity index is 2.33. The first kappa shape index (κ1) is 19.6. The molecule has 1 aromatic carbocycles. The average molecular weight is 337 g/mol. The summed E-state index contributed by atoms with van der Waals surface area (Å²) in [5, 5.41) is 11.0. The van der Waals surface area contributed by atoms with Crippen LogP contribution < -0.4 is 16.8 Å². The number of carboxylic acids is 1. The Morgan fingerprint density at radius 1 is 1.12 bits per heavy atom. The molecule has 0 fully saturated rings. The molecule has 0 aliphatic rings. The molecule has 0 aromatic heterocycles. The number of nitrogens with one attached hydrogen (secondary N) is 1. The molecule has 1 aromatic rings. The van der Waals surface area contributed by atoms with Crippen molar-refractivity contribution in [2.45, 2.75) is 44.5 Å². The molecule has 132 valence electrons. The maximum atomic E-state index is 11.8. The number of nitrogens with two attached hydrogens (primary N) is 2. The molecular weight excluding hydrogens is 314 g/mol. The molecule has 3 atom stereocenters. The highest BCUT2D eigenvalue weighted by atomic mass is 16.5. The van der Waals surface area contributed by atoms with E-state index in [9.17, 15) is 14.4 Å². The number of carbonyl (C=O) groups excluding carboxylic acids is 2. The first-order valence-electron chi connectivity index (χ1n) is 7.56. The Bertz CT molecular complexity index is 564. The second-order valence-corrected chi connectivity index (χ2v) is 5.45. The third-order valence-electron chi connectivity index (χ3n) is 3.38. The minimum Gasteiger partial charge on any atom is -0.480 e. The van der Waals surface area contributed by atoms with Crippen LogP contribution in [-0.4, -0.2) is 41.1 Å². The summed E-state index contributed by atoms with van der Waals surface area (Å²) in [6, 6.07) is 6.29. The Kier molecular flexibility index (Phi) is 7.87. The summed E-state index contributed by atoms with van der Waals surface area (Å²) in [6.45, 7) is 1.45. The van der Waals surface area contributed by atoms with Gasteiger partial charge in [-0.2, -0.15) is 0 Å². The Morgan fingerprint density at radius 2 is 1.71 bits per heavy atom. The zero-order valence-electron chi connectivity index (χ0n) is 13.5. The molecule has 0 aliphatic heterocycles. The predicted octanol–water partition coefficient (Wildman–Crippen LogP) is -0.246. The quantitative estimate of drug-likeness (QED) is 0.455. The summed E-state index contributed by atoms with van der Waals surface area (Å²) >= 11 is 0. The lowest BCUT2D eigenvalue weighted by atomic mass is 10.1. The number of hydrogen-bond donors (Lipinski definition) is 4. The van der Waals surface area contributed by atoms with E-state index in [-0.39, 0.29) is 19.4 Å². The number of carbonyl (C=O) groups is 3. The minimum atomic E-state index is -1.16. The van der Waals surface area contributed by atoms with E-state index in [0.717, 1.165) is 5.56 Å². The molecule has 24 heavy (non-hydrogen) atoms. The van der Waals surface area contributed by atoms with Crippen LogP contribution in [0.3, 0.4) is 0 Å². The van der Waals surface area contributed by atoms with Gasteiger partial charge in [-0.05, 0) is 25.3 Å². The van der Waals surface area contributed by atoms with Crippen LogP contribution in [-0.2, 0) is 25.7 Å². The molecule has 6 N–H and O–H groups in total. The summed E-state index contributed by atoms with van der Waals surface area (Å²) in [4.78, 5) is 34.2. The van der Waals surface area contributed by atoms with E-state index >= 15 is 0 Å². The molecule has 0 radical (unpaired) electrons. The van der Waals surface area contributed by atoms with E-state index in [2.05, 4.69) is 5.32 Å². The number of carboxylic acid groups (broad SMARTS) is 1. The van der Waals surface area contributed by atoms with Gasteiger partial charge in [0, 0.05) is 0 Å². The van der Waals surface area contributed by atoms with Gasteiger partial charge in [0.1, 0.15) is 18.7 Å². The van der Waals surface area contributed by atoms with Crippen LogP contribution in [0.1, 0.15) is 25.3 Å². The van der Waals surface area contributed by atoms with Crippen LogP contribution in [0.15, 0.2) is 30.3 Å². The highest BCUT2D eigenvalue weighted by molar-refractivity contribution is 5.86. The molecule has 1 rings (SSSR count). The highest BCUT2D eigenvalue weighted by Crippen LogP contribution is 2.05. The minimum absolute atomic E-state index is 0.121. The van der Waals surface area contributed by atoms with E-state index in [1.807, 2.05) is 30.3 Å². The number of benzene rings is 1. The standard InChI is InChI=1S/C16H23N3O5/c1-10(15(21)22)19-14(20)12(17)7-8-13(18)16(23)24-9-11-5-3-2-4-6-11/h2-6,10,12-13H,7-9,17-18H2,1H3,(H,19,20)(H,21,22)/t10-,12-,13?/m0/s1. The summed E-state index contributed by atoms with van der Waals surface area (Å²) in [5.41, 5.74) is 12.2. The van der Waals surface area contributed by atoms with Crippen molar-refractivity contribution >= 4 is 17.8 Å². The largest absolute Gasteiger partial charge is 0.480 e. The van der Waals surface area contributed by atoms with Crippen molar-refractivity contribution in [2.75, 3.05) is 0 Å². The van der Waals surface area contributed by atoms with Gasteiger partial charge in [-0.3, -0.25) is 14.4 Å². The van der Waals surface area contributed by atoms with Crippen molar-refractivity contribution in [3.8, 4) is 0 Å². The van der Waals surface area contributed by atoms with Gasteiger partial charge < -0.3 is 26.6 Å². The summed E-state index contributed by atoms with van der Waals surface area (Å²) < 4.78 is 5.10. The molecule has 8 heteroatoms. The number of hydrogen-bond acceptors (Lipinski definition) is 6. The number of ether oxygens (including phenoxy) is 1. The Hall–Kier alpha value is -2.45. The monoisotopic (exact) mass is 337 g/mol. The predicted molar refractivity (Wildman–Crippen MR) is 86.7 cm³/mol. The molecule has 0 spiro atoms. The van der Waals surface area contributed by atoms with Crippen molar-refractivity contribution in [1.82, 2.24) is 5.32 Å². The first-order valence-corrected chi connectivity index (χ1v) is 7.56. The molecule has 1 unspecified atom stereocenters.